The van der Waals surface area contributed by atoms with Crippen LogP contribution in [0.1, 0.15) is 5.56 Å². The summed E-state index contributed by atoms with van der Waals surface area (Å²) >= 11 is 0. The average Bonchev–Trinajstić information content (AvgIpc) is 2.62. The minimum Gasteiger partial charge on any atom is -0.369 e. The van der Waals surface area contributed by atoms with Gasteiger partial charge in [0.15, 0.2) is 0 Å². The number of piperazine rings is 1. The maximum Gasteiger partial charge on any atom is 0.250 e. The van der Waals surface area contributed by atoms with E-state index >= 15 is 0 Å². The lowest BCUT2D eigenvalue weighted by Crippen LogP contribution is -2.62. The van der Waals surface area contributed by atoms with Gasteiger partial charge >= 0.3 is 0 Å². The van der Waals surface area contributed by atoms with Crippen molar-refractivity contribution in [2.75, 3.05) is 44.2 Å². The molecule has 0 bridgehead atoms. The number of halogens is 1. The van der Waals surface area contributed by atoms with Gasteiger partial charge in [-0.3, -0.25) is 14.6 Å². The lowest BCUT2D eigenvalue weighted by Gasteiger charge is -2.48. The fourth-order valence-corrected chi connectivity index (χ4v) is 3.90. The maximum absolute atomic E-state index is 13.1. The molecule has 0 atom stereocenters. The van der Waals surface area contributed by atoms with E-state index in [9.17, 15) is 9.18 Å². The molecule has 0 N–H and O–H groups in total. The maximum atomic E-state index is 13.1. The Kier molecular flexibility index (Phi) is 4.78. The van der Waals surface area contributed by atoms with Crippen molar-refractivity contribution >= 4 is 5.69 Å². The number of hydrogen-bond acceptors (Lipinski definition) is 4. The number of hydrogen-bond donors (Lipinski definition) is 0. The summed E-state index contributed by atoms with van der Waals surface area (Å²) in [5, 5.41) is 0. The van der Waals surface area contributed by atoms with Crippen LogP contribution < -0.4 is 10.5 Å². The van der Waals surface area contributed by atoms with Crippen LogP contribution in [0.4, 0.5) is 10.1 Å². The van der Waals surface area contributed by atoms with Crippen LogP contribution in [0.3, 0.4) is 0 Å². The van der Waals surface area contributed by atoms with E-state index in [-0.39, 0.29) is 11.4 Å². The summed E-state index contributed by atoms with van der Waals surface area (Å²) in [5.41, 5.74) is 2.33. The number of aryl methyl sites for hydroxylation is 1. The van der Waals surface area contributed by atoms with Crippen LogP contribution >= 0.6 is 0 Å². The SMILES string of the molecule is Cn1cc(CN2CC(N3CCN(c4ccc(F)cc4)CC3)C2)ccc1=O. The van der Waals surface area contributed by atoms with Crippen LogP contribution in [0, 0.1) is 5.82 Å². The van der Waals surface area contributed by atoms with Crippen molar-refractivity contribution in [2.24, 2.45) is 7.05 Å². The fraction of sp³-hybridized carbons (Fsp3) is 0.450. The van der Waals surface area contributed by atoms with Gasteiger partial charge in [0.1, 0.15) is 5.82 Å². The smallest absolute Gasteiger partial charge is 0.250 e. The first-order valence-corrected chi connectivity index (χ1v) is 9.21. The second-order valence-electron chi connectivity index (χ2n) is 7.33. The molecule has 2 fully saturated rings. The van der Waals surface area contributed by atoms with Crippen molar-refractivity contribution in [1.29, 1.82) is 0 Å². The lowest BCUT2D eigenvalue weighted by atomic mass is 10.0. The Morgan fingerprint density at radius 1 is 1.00 bits per heavy atom. The molecule has 1 aromatic carbocycles. The number of pyridine rings is 1. The number of benzene rings is 1. The first-order valence-electron chi connectivity index (χ1n) is 9.21. The van der Waals surface area contributed by atoms with Crippen molar-refractivity contribution in [1.82, 2.24) is 14.4 Å². The molecule has 0 spiro atoms. The van der Waals surface area contributed by atoms with Crippen LogP contribution in [-0.4, -0.2) is 59.7 Å². The van der Waals surface area contributed by atoms with Crippen LogP contribution in [0.25, 0.3) is 0 Å². The van der Waals surface area contributed by atoms with Gasteiger partial charge in [0.05, 0.1) is 0 Å². The van der Waals surface area contributed by atoms with Gasteiger partial charge in [-0.05, 0) is 29.8 Å². The Balaban J connectivity index is 1.24. The first kappa shape index (κ1) is 17.2. The van der Waals surface area contributed by atoms with E-state index < -0.39 is 0 Å². The molecule has 0 aliphatic carbocycles. The van der Waals surface area contributed by atoms with Gasteiger partial charge in [-0.15, -0.1) is 0 Å². The van der Waals surface area contributed by atoms with Crippen LogP contribution in [-0.2, 0) is 13.6 Å². The summed E-state index contributed by atoms with van der Waals surface area (Å²) in [7, 11) is 1.80. The van der Waals surface area contributed by atoms with Gasteiger partial charge in [0, 0.05) is 76.9 Å². The zero-order valence-corrected chi connectivity index (χ0v) is 15.1. The highest BCUT2D eigenvalue weighted by molar-refractivity contribution is 5.46. The first-order chi connectivity index (χ1) is 12.6. The molecule has 2 aliphatic heterocycles. The quantitative estimate of drug-likeness (QED) is 0.832. The van der Waals surface area contributed by atoms with Crippen molar-refractivity contribution in [3.63, 3.8) is 0 Å². The Labute approximate surface area is 153 Å². The summed E-state index contributed by atoms with van der Waals surface area (Å²) in [5.74, 6) is -0.180. The van der Waals surface area contributed by atoms with Crippen LogP contribution in [0.15, 0.2) is 47.4 Å². The Morgan fingerprint density at radius 2 is 1.69 bits per heavy atom. The molecule has 0 radical (unpaired) electrons. The molecule has 2 aromatic rings. The highest BCUT2D eigenvalue weighted by atomic mass is 19.1. The Bertz CT molecular complexity index is 805. The molecular formula is C20H25FN4O. The van der Waals surface area contributed by atoms with Gasteiger partial charge in [-0.2, -0.15) is 0 Å². The molecule has 0 saturated carbocycles. The molecule has 3 heterocycles. The molecule has 0 unspecified atom stereocenters. The molecule has 5 nitrogen and oxygen atoms in total. The van der Waals surface area contributed by atoms with E-state index in [0.29, 0.717) is 6.04 Å². The third-order valence-electron chi connectivity index (χ3n) is 5.51. The van der Waals surface area contributed by atoms with E-state index in [2.05, 4.69) is 14.7 Å². The van der Waals surface area contributed by atoms with E-state index in [1.54, 1.807) is 17.7 Å². The predicted octanol–water partition coefficient (Wildman–Crippen LogP) is 1.53. The zero-order valence-electron chi connectivity index (χ0n) is 15.1. The Hall–Kier alpha value is -2.18. The van der Waals surface area contributed by atoms with Crippen molar-refractivity contribution < 1.29 is 4.39 Å². The predicted molar refractivity (Wildman–Crippen MR) is 101 cm³/mol. The standard InChI is InChI=1S/C20H25FN4O/c1-22-12-16(2-7-20(22)26)13-23-14-19(15-23)25-10-8-24(9-11-25)18-5-3-17(21)4-6-18/h2-7,12,19H,8-11,13-15H2,1H3. The molecular weight excluding hydrogens is 331 g/mol. The van der Waals surface area contributed by atoms with E-state index in [1.165, 1.54) is 17.7 Å². The van der Waals surface area contributed by atoms with Gasteiger partial charge in [0.25, 0.3) is 0 Å². The van der Waals surface area contributed by atoms with Gasteiger partial charge in [-0.1, -0.05) is 6.07 Å². The minimum atomic E-state index is -0.180. The third kappa shape index (κ3) is 3.66. The van der Waals surface area contributed by atoms with E-state index in [1.807, 2.05) is 24.4 Å². The van der Waals surface area contributed by atoms with Crippen LogP contribution in [0.5, 0.6) is 0 Å². The molecule has 138 valence electrons. The van der Waals surface area contributed by atoms with Crippen molar-refractivity contribution in [2.45, 2.75) is 12.6 Å². The number of rotatable bonds is 4. The summed E-state index contributed by atoms with van der Waals surface area (Å²) in [4.78, 5) is 18.8. The van der Waals surface area contributed by atoms with Crippen LogP contribution in [0.2, 0.25) is 0 Å². The van der Waals surface area contributed by atoms with E-state index in [4.69, 9.17) is 0 Å². The molecule has 0 amide bonds. The van der Waals surface area contributed by atoms with Crippen molar-refractivity contribution in [3.05, 3.63) is 64.3 Å². The second kappa shape index (κ2) is 7.21. The number of anilines is 1. The second-order valence-corrected chi connectivity index (χ2v) is 7.33. The van der Waals surface area contributed by atoms with Crippen molar-refractivity contribution in [3.8, 4) is 0 Å². The molecule has 6 heteroatoms. The average molecular weight is 356 g/mol. The number of likely N-dealkylation sites (tertiary alicyclic amines) is 1. The topological polar surface area (TPSA) is 31.7 Å². The third-order valence-corrected chi connectivity index (χ3v) is 5.51. The monoisotopic (exact) mass is 356 g/mol. The normalized spacial score (nSPS) is 19.5. The Morgan fingerprint density at radius 3 is 2.35 bits per heavy atom. The zero-order chi connectivity index (χ0) is 18.1. The highest BCUT2D eigenvalue weighted by Crippen LogP contribution is 2.22. The largest absolute Gasteiger partial charge is 0.369 e. The number of nitrogens with zero attached hydrogens (tertiary/aromatic N) is 4. The minimum absolute atomic E-state index is 0.0364. The van der Waals surface area contributed by atoms with Gasteiger partial charge in [0.2, 0.25) is 5.56 Å². The molecule has 26 heavy (non-hydrogen) atoms. The molecule has 2 saturated heterocycles. The summed E-state index contributed by atoms with van der Waals surface area (Å²) in [6.45, 7) is 7.15. The number of aromatic nitrogens is 1. The summed E-state index contributed by atoms with van der Waals surface area (Å²) < 4.78 is 14.7. The fourth-order valence-electron chi connectivity index (χ4n) is 3.90. The summed E-state index contributed by atoms with van der Waals surface area (Å²) in [6.07, 6.45) is 1.93. The molecule has 2 aliphatic rings. The van der Waals surface area contributed by atoms with Gasteiger partial charge < -0.3 is 9.47 Å². The summed E-state index contributed by atoms with van der Waals surface area (Å²) in [6, 6.07) is 11.0. The lowest BCUT2D eigenvalue weighted by molar-refractivity contribution is 0.0255. The van der Waals surface area contributed by atoms with Gasteiger partial charge in [-0.25, -0.2) is 4.39 Å². The molecule has 4 rings (SSSR count). The molecule has 1 aromatic heterocycles. The highest BCUT2D eigenvalue weighted by Gasteiger charge is 2.33. The van der Waals surface area contributed by atoms with E-state index in [0.717, 1.165) is 51.5 Å².